The largest absolute Gasteiger partial charge is 0.340 e. The van der Waals surface area contributed by atoms with Gasteiger partial charge in [-0.05, 0) is 24.3 Å². The highest BCUT2D eigenvalue weighted by atomic mass is 32.2. The Kier molecular flexibility index (Phi) is 5.17. The highest BCUT2D eigenvalue weighted by molar-refractivity contribution is 8.01. The topological polar surface area (TPSA) is 79.8 Å². The Hall–Kier alpha value is -2.45. The van der Waals surface area contributed by atoms with E-state index < -0.39 is 0 Å². The average molecular weight is 343 g/mol. The van der Waals surface area contributed by atoms with E-state index in [1.807, 2.05) is 42.5 Å². The SMILES string of the molecule is O=C(CSc1nncs1)Nc1ccc(Nc2ccccc2)nc1. The molecule has 8 heteroatoms. The van der Waals surface area contributed by atoms with Gasteiger partial charge in [-0.2, -0.15) is 0 Å². The second-order valence-corrected chi connectivity index (χ2v) is 6.52. The fourth-order valence-electron chi connectivity index (χ4n) is 1.76. The molecule has 116 valence electrons. The summed E-state index contributed by atoms with van der Waals surface area (Å²) in [5.41, 5.74) is 3.26. The van der Waals surface area contributed by atoms with Crippen molar-refractivity contribution in [2.24, 2.45) is 0 Å². The molecular weight excluding hydrogens is 330 g/mol. The number of nitrogens with one attached hydrogen (secondary N) is 2. The maximum Gasteiger partial charge on any atom is 0.234 e. The quantitative estimate of drug-likeness (QED) is 0.668. The lowest BCUT2D eigenvalue weighted by atomic mass is 10.3. The van der Waals surface area contributed by atoms with Gasteiger partial charge in [0, 0.05) is 5.69 Å². The van der Waals surface area contributed by atoms with Gasteiger partial charge >= 0.3 is 0 Å². The zero-order valence-electron chi connectivity index (χ0n) is 12.0. The van der Waals surface area contributed by atoms with Crippen molar-refractivity contribution >= 4 is 46.2 Å². The molecule has 1 aromatic carbocycles. The van der Waals surface area contributed by atoms with Crippen molar-refractivity contribution < 1.29 is 4.79 Å². The minimum Gasteiger partial charge on any atom is -0.340 e. The van der Waals surface area contributed by atoms with Crippen molar-refractivity contribution in [3.8, 4) is 0 Å². The maximum absolute atomic E-state index is 11.9. The van der Waals surface area contributed by atoms with E-state index in [4.69, 9.17) is 0 Å². The maximum atomic E-state index is 11.9. The first kappa shape index (κ1) is 15.4. The van der Waals surface area contributed by atoms with Gasteiger partial charge in [-0.15, -0.1) is 10.2 Å². The molecule has 0 bridgehead atoms. The lowest BCUT2D eigenvalue weighted by Crippen LogP contribution is -2.14. The molecule has 6 nitrogen and oxygen atoms in total. The van der Waals surface area contributed by atoms with Crippen molar-refractivity contribution in [2.75, 3.05) is 16.4 Å². The molecule has 0 radical (unpaired) electrons. The highest BCUT2D eigenvalue weighted by Crippen LogP contribution is 2.19. The number of para-hydroxylation sites is 1. The molecule has 2 N–H and O–H groups in total. The lowest BCUT2D eigenvalue weighted by molar-refractivity contribution is -0.113. The van der Waals surface area contributed by atoms with Crippen LogP contribution in [0.3, 0.4) is 0 Å². The van der Waals surface area contributed by atoms with E-state index in [0.717, 1.165) is 15.8 Å². The highest BCUT2D eigenvalue weighted by Gasteiger charge is 2.06. The number of carbonyl (C=O) groups is 1. The number of rotatable bonds is 6. The Balaban J connectivity index is 1.51. The van der Waals surface area contributed by atoms with Crippen LogP contribution in [0, 0.1) is 0 Å². The molecule has 2 aromatic heterocycles. The van der Waals surface area contributed by atoms with Gasteiger partial charge in [0.1, 0.15) is 11.3 Å². The van der Waals surface area contributed by atoms with Gasteiger partial charge in [0.25, 0.3) is 0 Å². The first-order valence-electron chi connectivity index (χ1n) is 6.76. The normalized spacial score (nSPS) is 10.3. The second kappa shape index (κ2) is 7.70. The molecule has 2 heterocycles. The first-order chi connectivity index (χ1) is 11.3. The molecule has 0 unspecified atom stereocenters. The Morgan fingerprint density at radius 1 is 1.13 bits per heavy atom. The van der Waals surface area contributed by atoms with Gasteiger partial charge in [0.15, 0.2) is 4.34 Å². The van der Waals surface area contributed by atoms with Crippen LogP contribution in [-0.2, 0) is 4.79 Å². The molecule has 0 aliphatic heterocycles. The van der Waals surface area contributed by atoms with E-state index in [1.165, 1.54) is 23.1 Å². The number of aromatic nitrogens is 3. The molecule has 1 amide bonds. The summed E-state index contributed by atoms with van der Waals surface area (Å²) in [7, 11) is 0. The summed E-state index contributed by atoms with van der Waals surface area (Å²) in [6.45, 7) is 0. The number of hydrogen-bond acceptors (Lipinski definition) is 7. The molecule has 23 heavy (non-hydrogen) atoms. The van der Waals surface area contributed by atoms with Crippen molar-refractivity contribution in [2.45, 2.75) is 4.34 Å². The zero-order valence-corrected chi connectivity index (χ0v) is 13.6. The van der Waals surface area contributed by atoms with Crippen molar-refractivity contribution in [1.29, 1.82) is 0 Å². The predicted octanol–water partition coefficient (Wildman–Crippen LogP) is 3.41. The van der Waals surface area contributed by atoms with Crippen molar-refractivity contribution in [3.63, 3.8) is 0 Å². The number of carbonyl (C=O) groups excluding carboxylic acids is 1. The minimum atomic E-state index is -0.101. The van der Waals surface area contributed by atoms with Gasteiger partial charge in [0.2, 0.25) is 5.91 Å². The zero-order chi connectivity index (χ0) is 15.9. The van der Waals surface area contributed by atoms with E-state index in [2.05, 4.69) is 25.8 Å². The van der Waals surface area contributed by atoms with E-state index in [9.17, 15) is 4.79 Å². The van der Waals surface area contributed by atoms with Crippen LogP contribution in [0.25, 0.3) is 0 Å². The third-order valence-corrected chi connectivity index (χ3v) is 4.62. The van der Waals surface area contributed by atoms with Gasteiger partial charge < -0.3 is 10.6 Å². The average Bonchev–Trinajstić information content (AvgIpc) is 3.09. The van der Waals surface area contributed by atoms with Crippen LogP contribution in [0.5, 0.6) is 0 Å². The summed E-state index contributed by atoms with van der Waals surface area (Å²) in [6, 6.07) is 13.4. The fraction of sp³-hybridized carbons (Fsp3) is 0.0667. The molecule has 0 aliphatic rings. The Bertz CT molecular complexity index is 747. The molecule has 3 rings (SSSR count). The number of benzene rings is 1. The molecule has 3 aromatic rings. The smallest absolute Gasteiger partial charge is 0.234 e. The van der Waals surface area contributed by atoms with Gasteiger partial charge in [-0.3, -0.25) is 4.79 Å². The molecule has 0 saturated carbocycles. The lowest BCUT2D eigenvalue weighted by Gasteiger charge is -2.07. The van der Waals surface area contributed by atoms with E-state index in [1.54, 1.807) is 11.7 Å². The van der Waals surface area contributed by atoms with Gasteiger partial charge in [0.05, 0.1) is 17.6 Å². The number of pyridine rings is 1. The van der Waals surface area contributed by atoms with Crippen LogP contribution >= 0.6 is 23.1 Å². The summed E-state index contributed by atoms with van der Waals surface area (Å²) < 4.78 is 0.778. The third kappa shape index (κ3) is 4.76. The number of amides is 1. The van der Waals surface area contributed by atoms with Crippen LogP contribution in [-0.4, -0.2) is 26.8 Å². The molecule has 0 saturated heterocycles. The third-order valence-electron chi connectivity index (χ3n) is 2.76. The Labute approximate surface area is 141 Å². The molecule has 0 fully saturated rings. The molecule has 0 aliphatic carbocycles. The predicted molar refractivity (Wildman–Crippen MR) is 93.2 cm³/mol. The van der Waals surface area contributed by atoms with E-state index >= 15 is 0 Å². The van der Waals surface area contributed by atoms with Crippen LogP contribution in [0.15, 0.2) is 58.5 Å². The van der Waals surface area contributed by atoms with Crippen LogP contribution in [0.2, 0.25) is 0 Å². The van der Waals surface area contributed by atoms with Gasteiger partial charge in [-0.1, -0.05) is 41.3 Å². The molecule has 0 spiro atoms. The summed E-state index contributed by atoms with van der Waals surface area (Å²) >= 11 is 2.77. The summed E-state index contributed by atoms with van der Waals surface area (Å²) in [5.74, 6) is 0.910. The standard InChI is InChI=1S/C15H13N5OS2/c21-14(9-22-15-20-17-10-23-15)19-12-6-7-13(16-8-12)18-11-4-2-1-3-5-11/h1-8,10H,9H2,(H,16,18)(H,19,21). The van der Waals surface area contributed by atoms with Crippen molar-refractivity contribution in [1.82, 2.24) is 15.2 Å². The summed E-state index contributed by atoms with van der Waals surface area (Å²) in [4.78, 5) is 16.1. The number of hydrogen-bond donors (Lipinski definition) is 2. The Morgan fingerprint density at radius 2 is 2.00 bits per heavy atom. The van der Waals surface area contributed by atoms with Crippen LogP contribution in [0.4, 0.5) is 17.2 Å². The van der Waals surface area contributed by atoms with Crippen LogP contribution < -0.4 is 10.6 Å². The Morgan fingerprint density at radius 3 is 2.70 bits per heavy atom. The number of nitrogens with zero attached hydrogens (tertiary/aromatic N) is 3. The molecular formula is C15H13N5OS2. The first-order valence-corrected chi connectivity index (χ1v) is 8.63. The summed E-state index contributed by atoms with van der Waals surface area (Å²) in [5, 5.41) is 13.6. The minimum absolute atomic E-state index is 0.101. The summed E-state index contributed by atoms with van der Waals surface area (Å²) in [6.07, 6.45) is 1.62. The molecule has 0 atom stereocenters. The second-order valence-electron chi connectivity index (χ2n) is 4.46. The van der Waals surface area contributed by atoms with Crippen molar-refractivity contribution in [3.05, 3.63) is 54.2 Å². The van der Waals surface area contributed by atoms with Gasteiger partial charge in [-0.25, -0.2) is 4.98 Å². The number of thioether (sulfide) groups is 1. The van der Waals surface area contributed by atoms with Crippen LogP contribution in [0.1, 0.15) is 0 Å². The number of anilines is 3. The monoisotopic (exact) mass is 343 g/mol. The fourth-order valence-corrected chi connectivity index (χ4v) is 3.05. The van der Waals surface area contributed by atoms with E-state index in [-0.39, 0.29) is 5.91 Å². The van der Waals surface area contributed by atoms with E-state index in [0.29, 0.717) is 11.4 Å².